The monoisotopic (exact) mass is 336 g/mol. The minimum absolute atomic E-state index is 0.172. The molecule has 1 aliphatic carbocycles. The van der Waals surface area contributed by atoms with Gasteiger partial charge in [-0.2, -0.15) is 9.97 Å². The average Bonchev–Trinajstić information content (AvgIpc) is 3.32. The number of aryl methyl sites for hydroxylation is 1. The highest BCUT2D eigenvalue weighted by Gasteiger charge is 2.34. The third-order valence-electron chi connectivity index (χ3n) is 4.62. The summed E-state index contributed by atoms with van der Waals surface area (Å²) in [5.74, 6) is 1.02. The van der Waals surface area contributed by atoms with Crippen LogP contribution in [0.4, 0.5) is 17.5 Å². The Morgan fingerprint density at radius 2 is 1.96 bits per heavy atom. The molecule has 1 saturated carbocycles. The Hall–Kier alpha value is -2.93. The topological polar surface area (TPSA) is 112 Å². The van der Waals surface area contributed by atoms with Gasteiger partial charge in [-0.3, -0.25) is 4.79 Å². The van der Waals surface area contributed by atoms with Gasteiger partial charge in [-0.15, -0.1) is 0 Å². The summed E-state index contributed by atoms with van der Waals surface area (Å²) < 4.78 is 1.87. The van der Waals surface area contributed by atoms with Crippen molar-refractivity contribution in [3.05, 3.63) is 52.3 Å². The van der Waals surface area contributed by atoms with Crippen LogP contribution in [0.15, 0.2) is 41.3 Å². The molecule has 1 aromatic carbocycles. The van der Waals surface area contributed by atoms with Crippen LogP contribution in [0, 0.1) is 0 Å². The lowest BCUT2D eigenvalue weighted by molar-refractivity contribution is 0.776. The highest BCUT2D eigenvalue weighted by molar-refractivity contribution is 5.86. The lowest BCUT2D eigenvalue weighted by Gasteiger charge is -2.11. The first-order valence-corrected chi connectivity index (χ1v) is 8.36. The summed E-state index contributed by atoms with van der Waals surface area (Å²) in [6.45, 7) is 2.67. The van der Waals surface area contributed by atoms with Crippen molar-refractivity contribution in [1.82, 2.24) is 14.5 Å². The lowest BCUT2D eigenvalue weighted by atomic mass is 10.1. The van der Waals surface area contributed by atoms with E-state index >= 15 is 0 Å². The van der Waals surface area contributed by atoms with E-state index in [1.54, 1.807) is 6.20 Å². The maximum absolute atomic E-state index is 12.1. The molecule has 0 amide bonds. The SMILES string of the molecule is CCn1ccc(=O)c2c(N)nc(Nc3ccc([C@@H]4C[C@H]4N)cc3)nc21. The fourth-order valence-corrected chi connectivity index (χ4v) is 3.07. The summed E-state index contributed by atoms with van der Waals surface area (Å²) in [4.78, 5) is 20.8. The van der Waals surface area contributed by atoms with E-state index in [1.165, 1.54) is 11.6 Å². The lowest BCUT2D eigenvalue weighted by Crippen LogP contribution is -2.13. The van der Waals surface area contributed by atoms with Crippen molar-refractivity contribution in [2.24, 2.45) is 5.73 Å². The number of nitrogens with one attached hydrogen (secondary N) is 1. The van der Waals surface area contributed by atoms with Crippen LogP contribution in [0.1, 0.15) is 24.8 Å². The zero-order chi connectivity index (χ0) is 17.6. The van der Waals surface area contributed by atoms with Crippen LogP contribution in [0.5, 0.6) is 0 Å². The fraction of sp³-hybridized carbons (Fsp3) is 0.278. The molecule has 0 unspecified atom stereocenters. The molecule has 5 N–H and O–H groups in total. The van der Waals surface area contributed by atoms with Crippen LogP contribution in [-0.4, -0.2) is 20.6 Å². The molecule has 7 nitrogen and oxygen atoms in total. The molecule has 7 heteroatoms. The number of anilines is 3. The van der Waals surface area contributed by atoms with Gasteiger partial charge in [-0.25, -0.2) is 0 Å². The van der Waals surface area contributed by atoms with Gasteiger partial charge in [0.25, 0.3) is 0 Å². The number of pyridine rings is 1. The Labute approximate surface area is 144 Å². The zero-order valence-corrected chi connectivity index (χ0v) is 13.9. The van der Waals surface area contributed by atoms with Gasteiger partial charge < -0.3 is 21.4 Å². The number of nitrogens with zero attached hydrogens (tertiary/aromatic N) is 3. The molecule has 0 radical (unpaired) electrons. The smallest absolute Gasteiger partial charge is 0.231 e. The number of nitrogen functional groups attached to an aromatic ring is 1. The number of hydrogen-bond donors (Lipinski definition) is 3. The van der Waals surface area contributed by atoms with Crippen LogP contribution in [0.3, 0.4) is 0 Å². The Morgan fingerprint density at radius 1 is 1.24 bits per heavy atom. The van der Waals surface area contributed by atoms with Crippen molar-refractivity contribution in [2.45, 2.75) is 31.8 Å². The first kappa shape index (κ1) is 15.6. The van der Waals surface area contributed by atoms with Crippen molar-refractivity contribution in [2.75, 3.05) is 11.1 Å². The van der Waals surface area contributed by atoms with Gasteiger partial charge in [-0.05, 0) is 31.0 Å². The first-order chi connectivity index (χ1) is 12.1. The zero-order valence-electron chi connectivity index (χ0n) is 13.9. The van der Waals surface area contributed by atoms with Crippen molar-refractivity contribution < 1.29 is 0 Å². The van der Waals surface area contributed by atoms with Gasteiger partial charge in [0.05, 0.1) is 0 Å². The highest BCUT2D eigenvalue weighted by Crippen LogP contribution is 2.39. The molecule has 4 rings (SSSR count). The van der Waals surface area contributed by atoms with Gasteiger partial charge in [0.2, 0.25) is 5.95 Å². The van der Waals surface area contributed by atoms with Crippen LogP contribution in [-0.2, 0) is 6.54 Å². The molecule has 25 heavy (non-hydrogen) atoms. The standard InChI is InChI=1S/C18H20N6O/c1-2-24-8-7-14(25)15-16(20)22-18(23-17(15)24)21-11-5-3-10(4-6-11)12-9-13(12)19/h3-8,12-13H,2,9,19H2,1H3,(H3,20,21,22,23)/t12-,13+/m0/s1. The average molecular weight is 336 g/mol. The maximum Gasteiger partial charge on any atom is 0.231 e. The van der Waals surface area contributed by atoms with Gasteiger partial charge in [0, 0.05) is 36.5 Å². The molecule has 3 aromatic rings. The van der Waals surface area contributed by atoms with Crippen molar-refractivity contribution in [3.8, 4) is 0 Å². The molecule has 2 aromatic heterocycles. The van der Waals surface area contributed by atoms with Crippen LogP contribution in [0.25, 0.3) is 11.0 Å². The van der Waals surface area contributed by atoms with Crippen LogP contribution < -0.4 is 22.2 Å². The molecular weight excluding hydrogens is 316 g/mol. The molecule has 2 atom stereocenters. The van der Waals surface area contributed by atoms with E-state index in [4.69, 9.17) is 11.5 Å². The molecule has 0 saturated heterocycles. The number of benzene rings is 1. The van der Waals surface area contributed by atoms with Crippen LogP contribution in [0.2, 0.25) is 0 Å². The van der Waals surface area contributed by atoms with Crippen molar-refractivity contribution in [1.29, 1.82) is 0 Å². The molecule has 1 aliphatic rings. The third kappa shape index (κ3) is 2.83. The minimum Gasteiger partial charge on any atom is -0.383 e. The van der Waals surface area contributed by atoms with Gasteiger partial charge in [0.1, 0.15) is 11.2 Å². The number of rotatable bonds is 4. The third-order valence-corrected chi connectivity index (χ3v) is 4.62. The van der Waals surface area contributed by atoms with E-state index in [1.807, 2.05) is 23.6 Å². The molecule has 0 bridgehead atoms. The van der Waals surface area contributed by atoms with E-state index in [0.717, 1.165) is 12.1 Å². The van der Waals surface area contributed by atoms with Crippen LogP contribution >= 0.6 is 0 Å². The second-order valence-electron chi connectivity index (χ2n) is 6.35. The van der Waals surface area contributed by atoms with E-state index < -0.39 is 0 Å². The summed E-state index contributed by atoms with van der Waals surface area (Å²) >= 11 is 0. The second kappa shape index (κ2) is 5.86. The Morgan fingerprint density at radius 3 is 2.60 bits per heavy atom. The Balaban J connectivity index is 1.68. The van der Waals surface area contributed by atoms with Gasteiger partial charge >= 0.3 is 0 Å². The number of aromatic nitrogens is 3. The Kier molecular flexibility index (Phi) is 3.65. The predicted octanol–water partition coefficient (Wildman–Crippen LogP) is 1.95. The predicted molar refractivity (Wildman–Crippen MR) is 98.9 cm³/mol. The maximum atomic E-state index is 12.1. The first-order valence-electron chi connectivity index (χ1n) is 8.36. The summed E-state index contributed by atoms with van der Waals surface area (Å²) in [5.41, 5.74) is 14.4. The fourth-order valence-electron chi connectivity index (χ4n) is 3.07. The number of hydrogen-bond acceptors (Lipinski definition) is 6. The molecular formula is C18H20N6O. The van der Waals surface area contributed by atoms with Gasteiger partial charge in [0.15, 0.2) is 11.1 Å². The van der Waals surface area contributed by atoms with E-state index in [2.05, 4.69) is 27.4 Å². The molecule has 128 valence electrons. The Bertz CT molecular complexity index is 995. The summed E-state index contributed by atoms with van der Waals surface area (Å²) in [5, 5.41) is 3.51. The summed E-state index contributed by atoms with van der Waals surface area (Å²) in [6, 6.07) is 9.84. The summed E-state index contributed by atoms with van der Waals surface area (Å²) in [7, 11) is 0. The van der Waals surface area contributed by atoms with E-state index in [-0.39, 0.29) is 17.3 Å². The largest absolute Gasteiger partial charge is 0.383 e. The second-order valence-corrected chi connectivity index (χ2v) is 6.35. The molecule has 2 heterocycles. The molecule has 1 fully saturated rings. The molecule has 0 spiro atoms. The minimum atomic E-state index is -0.172. The molecule has 0 aliphatic heterocycles. The number of fused-ring (bicyclic) bond motifs is 1. The summed E-state index contributed by atoms with van der Waals surface area (Å²) in [6.07, 6.45) is 2.76. The highest BCUT2D eigenvalue weighted by atomic mass is 16.1. The van der Waals surface area contributed by atoms with E-state index in [9.17, 15) is 4.79 Å². The normalized spacial score (nSPS) is 19.1. The van der Waals surface area contributed by atoms with Crippen molar-refractivity contribution in [3.63, 3.8) is 0 Å². The van der Waals surface area contributed by atoms with E-state index in [0.29, 0.717) is 29.4 Å². The van der Waals surface area contributed by atoms with Gasteiger partial charge in [-0.1, -0.05) is 12.1 Å². The number of nitrogens with two attached hydrogens (primary N) is 2. The quantitative estimate of drug-likeness (QED) is 0.671. The van der Waals surface area contributed by atoms with Crippen molar-refractivity contribution >= 4 is 28.5 Å².